The largest absolute Gasteiger partial charge is 0.341 e. The summed E-state index contributed by atoms with van der Waals surface area (Å²) in [7, 11) is 0. The van der Waals surface area contributed by atoms with E-state index in [0.717, 1.165) is 41.8 Å². The maximum absolute atomic E-state index is 12.1. The van der Waals surface area contributed by atoms with Gasteiger partial charge in [0.2, 0.25) is 5.95 Å². The molecule has 1 aromatic heterocycles. The number of anilines is 3. The molecule has 0 unspecified atom stereocenters. The lowest BCUT2D eigenvalue weighted by molar-refractivity contribution is 0.262. The molecule has 0 saturated carbocycles. The van der Waals surface area contributed by atoms with Gasteiger partial charge in [-0.15, -0.1) is 0 Å². The van der Waals surface area contributed by atoms with Crippen LogP contribution in [-0.2, 0) is 0 Å². The van der Waals surface area contributed by atoms with Gasteiger partial charge in [0, 0.05) is 18.8 Å². The van der Waals surface area contributed by atoms with Gasteiger partial charge in [-0.3, -0.25) is 0 Å². The number of hydrogen-bond donors (Lipinski definition) is 2. The maximum atomic E-state index is 12.1. The Labute approximate surface area is 148 Å². The van der Waals surface area contributed by atoms with Gasteiger partial charge < -0.3 is 15.5 Å². The first kappa shape index (κ1) is 17.2. The van der Waals surface area contributed by atoms with Crippen molar-refractivity contribution in [3.05, 3.63) is 41.7 Å². The summed E-state index contributed by atoms with van der Waals surface area (Å²) in [6.07, 6.45) is 5.65. The molecule has 6 heteroatoms. The number of urea groups is 1. The smallest absolute Gasteiger partial charge is 0.323 e. The Morgan fingerprint density at radius 2 is 1.56 bits per heavy atom. The predicted molar refractivity (Wildman–Crippen MR) is 101 cm³/mol. The number of aromatic nitrogens is 2. The fourth-order valence-corrected chi connectivity index (χ4v) is 3.10. The summed E-state index contributed by atoms with van der Waals surface area (Å²) >= 11 is 0. The molecule has 1 aliphatic rings. The zero-order valence-electron chi connectivity index (χ0n) is 15.0. The van der Waals surface area contributed by atoms with E-state index in [2.05, 4.69) is 38.5 Å². The van der Waals surface area contributed by atoms with E-state index in [1.165, 1.54) is 12.8 Å². The van der Waals surface area contributed by atoms with Crippen LogP contribution in [0.5, 0.6) is 0 Å². The highest BCUT2D eigenvalue weighted by atomic mass is 16.2. The maximum Gasteiger partial charge on any atom is 0.323 e. The highest BCUT2D eigenvalue weighted by molar-refractivity contribution is 5.99. The molecule has 25 heavy (non-hydrogen) atoms. The Balaban J connectivity index is 1.58. The van der Waals surface area contributed by atoms with E-state index in [1.807, 2.05) is 26.0 Å². The second kappa shape index (κ2) is 7.51. The Kier molecular flexibility index (Phi) is 5.16. The molecule has 0 aliphatic carbocycles. The number of hydrogen-bond acceptors (Lipinski definition) is 4. The molecule has 2 N–H and O–H groups in total. The Hall–Kier alpha value is -2.63. The molecule has 2 heterocycles. The molecule has 0 spiro atoms. The molecule has 3 rings (SSSR count). The van der Waals surface area contributed by atoms with Crippen LogP contribution in [0.15, 0.2) is 30.6 Å². The van der Waals surface area contributed by atoms with E-state index < -0.39 is 0 Å². The van der Waals surface area contributed by atoms with Crippen LogP contribution in [0.4, 0.5) is 22.1 Å². The van der Waals surface area contributed by atoms with Crippen molar-refractivity contribution in [3.63, 3.8) is 0 Å². The first-order chi connectivity index (χ1) is 12.0. The third kappa shape index (κ3) is 4.68. The van der Waals surface area contributed by atoms with Crippen LogP contribution < -0.4 is 15.5 Å². The lowest BCUT2D eigenvalue weighted by Gasteiger charge is -2.30. The van der Waals surface area contributed by atoms with E-state index in [4.69, 9.17) is 0 Å². The Bertz CT molecular complexity index is 716. The average Bonchev–Trinajstić information content (AvgIpc) is 2.55. The zero-order chi connectivity index (χ0) is 17.8. The van der Waals surface area contributed by atoms with Crippen molar-refractivity contribution in [2.45, 2.75) is 33.6 Å². The molecule has 132 valence electrons. The number of rotatable bonds is 3. The molecular weight excluding hydrogens is 314 g/mol. The third-order valence-corrected chi connectivity index (χ3v) is 4.44. The summed E-state index contributed by atoms with van der Waals surface area (Å²) in [4.78, 5) is 23.1. The number of nitrogens with zero attached hydrogens (tertiary/aromatic N) is 3. The fraction of sp³-hybridized carbons (Fsp3) is 0.421. The van der Waals surface area contributed by atoms with Crippen LogP contribution in [0, 0.1) is 19.8 Å². The zero-order valence-corrected chi connectivity index (χ0v) is 15.0. The molecular formula is C19H25N5O. The summed E-state index contributed by atoms with van der Waals surface area (Å²) in [5.74, 6) is 1.50. The van der Waals surface area contributed by atoms with Crippen molar-refractivity contribution in [1.82, 2.24) is 9.97 Å². The van der Waals surface area contributed by atoms with Gasteiger partial charge in [0.15, 0.2) is 0 Å². The van der Waals surface area contributed by atoms with Gasteiger partial charge in [-0.2, -0.15) is 0 Å². The lowest BCUT2D eigenvalue weighted by Crippen LogP contribution is -2.34. The summed E-state index contributed by atoms with van der Waals surface area (Å²) in [5.41, 5.74) is 3.57. The van der Waals surface area contributed by atoms with Gasteiger partial charge in [0.25, 0.3) is 0 Å². The topological polar surface area (TPSA) is 70.2 Å². The van der Waals surface area contributed by atoms with E-state index in [0.29, 0.717) is 5.69 Å². The van der Waals surface area contributed by atoms with Gasteiger partial charge in [-0.25, -0.2) is 14.8 Å². The first-order valence-electron chi connectivity index (χ1n) is 8.73. The Morgan fingerprint density at radius 3 is 2.16 bits per heavy atom. The van der Waals surface area contributed by atoms with E-state index in [9.17, 15) is 4.79 Å². The number of nitrogens with one attached hydrogen (secondary N) is 2. The van der Waals surface area contributed by atoms with Crippen molar-refractivity contribution in [3.8, 4) is 0 Å². The Morgan fingerprint density at radius 1 is 1.00 bits per heavy atom. The molecule has 0 atom stereocenters. The van der Waals surface area contributed by atoms with E-state index in [1.54, 1.807) is 12.4 Å². The summed E-state index contributed by atoms with van der Waals surface area (Å²) in [6, 6.07) is 5.64. The molecule has 1 saturated heterocycles. The monoisotopic (exact) mass is 339 g/mol. The minimum absolute atomic E-state index is 0.298. The van der Waals surface area contributed by atoms with Gasteiger partial charge in [0.1, 0.15) is 0 Å². The molecule has 1 fully saturated rings. The minimum atomic E-state index is -0.298. The van der Waals surface area contributed by atoms with Crippen molar-refractivity contribution in [2.75, 3.05) is 28.6 Å². The van der Waals surface area contributed by atoms with Crippen LogP contribution in [-0.4, -0.2) is 29.1 Å². The van der Waals surface area contributed by atoms with E-state index in [-0.39, 0.29) is 6.03 Å². The molecule has 6 nitrogen and oxygen atoms in total. The number of amides is 2. The highest BCUT2D eigenvalue weighted by Crippen LogP contribution is 2.20. The SMILES string of the molecule is Cc1cc(C)cc(NC(=O)Nc2cnc(N3CCC(C)CC3)nc2)c1. The van der Waals surface area contributed by atoms with Crippen LogP contribution in [0.1, 0.15) is 30.9 Å². The van der Waals surface area contributed by atoms with Crippen LogP contribution >= 0.6 is 0 Å². The first-order valence-corrected chi connectivity index (χ1v) is 8.73. The number of aryl methyl sites for hydroxylation is 2. The highest BCUT2D eigenvalue weighted by Gasteiger charge is 2.17. The number of benzene rings is 1. The summed E-state index contributed by atoms with van der Waals surface area (Å²) in [6.45, 7) is 8.26. The van der Waals surface area contributed by atoms with Crippen LogP contribution in [0.2, 0.25) is 0 Å². The molecule has 2 amide bonds. The third-order valence-electron chi connectivity index (χ3n) is 4.44. The van der Waals surface area contributed by atoms with Crippen molar-refractivity contribution < 1.29 is 4.79 Å². The lowest BCUT2D eigenvalue weighted by atomic mass is 10.00. The van der Waals surface area contributed by atoms with Crippen LogP contribution in [0.3, 0.4) is 0 Å². The van der Waals surface area contributed by atoms with Crippen molar-refractivity contribution in [1.29, 1.82) is 0 Å². The predicted octanol–water partition coefficient (Wildman–Crippen LogP) is 3.97. The molecule has 1 aliphatic heterocycles. The standard InChI is InChI=1S/C19H25N5O/c1-13-4-6-24(7-5-13)18-20-11-17(12-21-18)23-19(25)22-16-9-14(2)8-15(3)10-16/h8-13H,4-7H2,1-3H3,(H2,22,23,25). The van der Waals surface area contributed by atoms with Gasteiger partial charge >= 0.3 is 6.03 Å². The molecule has 1 aromatic carbocycles. The molecule has 0 radical (unpaired) electrons. The second-order valence-corrected chi connectivity index (χ2v) is 6.90. The summed E-state index contributed by atoms with van der Waals surface area (Å²) in [5, 5.41) is 5.61. The fourth-order valence-electron chi connectivity index (χ4n) is 3.10. The van der Waals surface area contributed by atoms with Crippen molar-refractivity contribution in [2.24, 2.45) is 5.92 Å². The number of carbonyl (C=O) groups is 1. The average molecular weight is 339 g/mol. The molecule has 0 bridgehead atoms. The van der Waals surface area contributed by atoms with Crippen LogP contribution in [0.25, 0.3) is 0 Å². The van der Waals surface area contributed by atoms with Gasteiger partial charge in [-0.05, 0) is 55.9 Å². The normalized spacial score (nSPS) is 15.1. The van der Waals surface area contributed by atoms with Gasteiger partial charge in [-0.1, -0.05) is 13.0 Å². The molecule has 2 aromatic rings. The number of carbonyl (C=O) groups excluding carboxylic acids is 1. The summed E-state index contributed by atoms with van der Waals surface area (Å²) < 4.78 is 0. The van der Waals surface area contributed by atoms with Gasteiger partial charge in [0.05, 0.1) is 18.1 Å². The van der Waals surface area contributed by atoms with Crippen molar-refractivity contribution >= 4 is 23.4 Å². The quantitative estimate of drug-likeness (QED) is 0.887. The van der Waals surface area contributed by atoms with E-state index >= 15 is 0 Å². The second-order valence-electron chi connectivity index (χ2n) is 6.90. The minimum Gasteiger partial charge on any atom is -0.341 e. The number of piperidine rings is 1.